The van der Waals surface area contributed by atoms with Gasteiger partial charge in [-0.05, 0) is 47.7 Å². The third-order valence-corrected chi connectivity index (χ3v) is 1.21. The summed E-state index contributed by atoms with van der Waals surface area (Å²) in [5.41, 5.74) is 0. The molecule has 5 heteroatoms. The van der Waals surface area contributed by atoms with Gasteiger partial charge in [0.15, 0.2) is 0 Å². The van der Waals surface area contributed by atoms with Gasteiger partial charge in [0.2, 0.25) is 0 Å². The molecule has 12 heavy (non-hydrogen) atoms. The fourth-order valence-electron chi connectivity index (χ4n) is 0.703. The van der Waals surface area contributed by atoms with Crippen LogP contribution < -0.4 is 0 Å². The second kappa shape index (κ2) is 12.0. The molecule has 0 saturated heterocycles. The Bertz CT molecular complexity index is 73.8. The first kappa shape index (κ1) is 15.5. The van der Waals surface area contributed by atoms with Crippen molar-refractivity contribution in [1.82, 2.24) is 9.80 Å². The zero-order valence-electron chi connectivity index (χ0n) is 8.09. The average molecular weight is 260 g/mol. The second-order valence-electron chi connectivity index (χ2n) is 3.01. The van der Waals surface area contributed by atoms with Crippen molar-refractivity contribution in [2.24, 2.45) is 0 Å². The van der Waals surface area contributed by atoms with Crippen LogP contribution in [-0.4, -0.2) is 51.1 Å². The summed E-state index contributed by atoms with van der Waals surface area (Å²) in [5, 5.41) is 0. The van der Waals surface area contributed by atoms with Gasteiger partial charge in [-0.1, -0.05) is 0 Å². The summed E-state index contributed by atoms with van der Waals surface area (Å²) in [4.78, 5) is 4.42. The van der Waals surface area contributed by atoms with Crippen molar-refractivity contribution in [3.8, 4) is 0 Å². The van der Waals surface area contributed by atoms with E-state index in [9.17, 15) is 0 Å². The predicted molar refractivity (Wildman–Crippen MR) is 53.4 cm³/mol. The molecule has 0 aromatic heterocycles. The Morgan fingerprint density at radius 2 is 1.17 bits per heavy atom. The predicted octanol–water partition coefficient (Wildman–Crippen LogP) is 1.88. The Morgan fingerprint density at radius 1 is 0.917 bits per heavy atom. The molecule has 0 rings (SSSR count). The van der Waals surface area contributed by atoms with Crippen LogP contribution >= 0.6 is 20.4 Å². The summed E-state index contributed by atoms with van der Waals surface area (Å²) in [6.45, 7) is 2.39. The van der Waals surface area contributed by atoms with E-state index in [1.54, 1.807) is 0 Å². The third kappa shape index (κ3) is 22.4. The molecule has 0 heterocycles. The van der Waals surface area contributed by atoms with E-state index in [0.29, 0.717) is 12.7 Å². The quantitative estimate of drug-likeness (QED) is 0.712. The van der Waals surface area contributed by atoms with Gasteiger partial charge in [-0.3, -0.25) is 0 Å². The Kier molecular flexibility index (Phi) is 15.5. The van der Waals surface area contributed by atoms with Gasteiger partial charge in [0.25, 0.3) is 0 Å². The van der Waals surface area contributed by atoms with Crippen LogP contribution in [0.2, 0.25) is 0 Å². The van der Waals surface area contributed by atoms with Gasteiger partial charge in [-0.15, -0.1) is 0 Å². The number of halogens is 2. The molecule has 0 bridgehead atoms. The Balaban J connectivity index is 0. The minimum atomic E-state index is 0.569. The van der Waals surface area contributed by atoms with Crippen molar-refractivity contribution >= 4 is 20.4 Å². The van der Waals surface area contributed by atoms with Crippen LogP contribution in [0.4, 0.5) is 0 Å². The van der Waals surface area contributed by atoms with Crippen LogP contribution in [0, 0.1) is 0 Å². The van der Waals surface area contributed by atoms with Crippen molar-refractivity contribution in [3.63, 3.8) is 0 Å². The first-order valence-corrected chi connectivity index (χ1v) is 6.38. The van der Waals surface area contributed by atoms with E-state index in [1.807, 2.05) is 0 Å². The molecule has 0 aliphatic heterocycles. The third-order valence-electron chi connectivity index (χ3n) is 1.21. The number of hydrogen-bond acceptors (Lipinski definition) is 2. The zero-order valence-corrected chi connectivity index (χ0v) is 10.6. The van der Waals surface area contributed by atoms with Crippen molar-refractivity contribution < 1.29 is 12.7 Å². The fourth-order valence-corrected chi connectivity index (χ4v) is 0.703. The summed E-state index contributed by atoms with van der Waals surface area (Å²) >= 11 is 0.569. The zero-order chi connectivity index (χ0) is 9.98. The summed E-state index contributed by atoms with van der Waals surface area (Å²) in [7, 11) is 17.8. The van der Waals surface area contributed by atoms with Gasteiger partial charge < -0.3 is 9.80 Å². The molecular formula is C7H18Cl2N2Ni+2. The van der Waals surface area contributed by atoms with Gasteiger partial charge in [-0.2, -0.15) is 0 Å². The molecule has 2 nitrogen and oxygen atoms in total. The molecule has 0 amide bonds. The molecule has 0 atom stereocenters. The van der Waals surface area contributed by atoms with Crippen molar-refractivity contribution in [3.05, 3.63) is 0 Å². The van der Waals surface area contributed by atoms with Crippen LogP contribution in [0.1, 0.15) is 6.42 Å². The molecule has 0 aliphatic rings. The second-order valence-corrected chi connectivity index (χ2v) is 4.64. The summed E-state index contributed by atoms with van der Waals surface area (Å²) in [6, 6.07) is 0. The molecule has 0 N–H and O–H groups in total. The van der Waals surface area contributed by atoms with Crippen molar-refractivity contribution in [2.75, 3.05) is 41.3 Å². The first-order chi connectivity index (χ1) is 5.54. The Hall–Kier alpha value is 0.994. The summed E-state index contributed by atoms with van der Waals surface area (Å²) < 4.78 is 0. The molecule has 0 aromatic rings. The van der Waals surface area contributed by atoms with Crippen molar-refractivity contribution in [2.45, 2.75) is 6.42 Å². The van der Waals surface area contributed by atoms with Crippen LogP contribution in [-0.2, 0) is 12.7 Å². The molecule has 0 unspecified atom stereocenters. The molecular weight excluding hydrogens is 242 g/mol. The Morgan fingerprint density at radius 3 is 1.33 bits per heavy atom. The van der Waals surface area contributed by atoms with Crippen molar-refractivity contribution in [1.29, 1.82) is 0 Å². The Labute approximate surface area is 90.5 Å². The normalized spacial score (nSPS) is 10.3. The fraction of sp³-hybridized carbons (Fsp3) is 1.00. The number of nitrogens with zero attached hydrogens (tertiary/aromatic N) is 2. The molecule has 0 fully saturated rings. The maximum atomic E-state index is 4.70. The van der Waals surface area contributed by atoms with Gasteiger partial charge in [0.05, 0.1) is 0 Å². The van der Waals surface area contributed by atoms with Gasteiger partial charge in [-0.25, -0.2) is 0 Å². The van der Waals surface area contributed by atoms with E-state index in [1.165, 1.54) is 19.5 Å². The molecule has 78 valence electrons. The maximum absolute atomic E-state index is 4.70. The average Bonchev–Trinajstić information content (AvgIpc) is 1.87. The summed E-state index contributed by atoms with van der Waals surface area (Å²) in [6.07, 6.45) is 1.26. The number of hydrogen-bond donors (Lipinski definition) is 0. The van der Waals surface area contributed by atoms with Crippen LogP contribution in [0.5, 0.6) is 0 Å². The first-order valence-electron chi connectivity index (χ1n) is 3.66. The topological polar surface area (TPSA) is 6.48 Å². The molecule has 0 spiro atoms. The van der Waals surface area contributed by atoms with E-state index < -0.39 is 0 Å². The van der Waals surface area contributed by atoms with Gasteiger partial charge in [0.1, 0.15) is 0 Å². The van der Waals surface area contributed by atoms with Gasteiger partial charge in [0, 0.05) is 0 Å². The molecule has 0 aromatic carbocycles. The SMILES string of the molecule is CN(C)CCCN(C)C.[Cl][Ni+2][Cl]. The van der Waals surface area contributed by atoms with Crippen LogP contribution in [0.25, 0.3) is 0 Å². The number of rotatable bonds is 4. The molecule has 0 radical (unpaired) electrons. The summed E-state index contributed by atoms with van der Waals surface area (Å²) in [5.74, 6) is 0. The molecule has 0 aliphatic carbocycles. The van der Waals surface area contributed by atoms with E-state index >= 15 is 0 Å². The standard InChI is InChI=1S/C7H18N2.2ClH.Ni/c1-8(2)6-5-7-9(3)4;;;/h5-7H2,1-4H3;2*1H;/q;;;+4/p-2. The van der Waals surface area contributed by atoms with E-state index in [-0.39, 0.29) is 0 Å². The monoisotopic (exact) mass is 258 g/mol. The minimum absolute atomic E-state index is 0.569. The van der Waals surface area contributed by atoms with Crippen LogP contribution in [0.3, 0.4) is 0 Å². The molecule has 0 saturated carbocycles. The van der Waals surface area contributed by atoms with Gasteiger partial charge >= 0.3 is 33.0 Å². The van der Waals surface area contributed by atoms with Crippen LogP contribution in [0.15, 0.2) is 0 Å². The van der Waals surface area contributed by atoms with E-state index in [2.05, 4.69) is 38.0 Å². The van der Waals surface area contributed by atoms with E-state index in [4.69, 9.17) is 20.4 Å². The van der Waals surface area contributed by atoms with E-state index in [0.717, 1.165) is 0 Å².